The van der Waals surface area contributed by atoms with Crippen molar-refractivity contribution in [1.29, 1.82) is 0 Å². The van der Waals surface area contributed by atoms with Gasteiger partial charge in [-0.05, 0) is 36.1 Å². The summed E-state index contributed by atoms with van der Waals surface area (Å²) in [5, 5.41) is 10.3. The van der Waals surface area contributed by atoms with E-state index in [1.54, 1.807) is 29.5 Å². The molecular weight excluding hydrogens is 322 g/mol. The van der Waals surface area contributed by atoms with E-state index >= 15 is 0 Å². The van der Waals surface area contributed by atoms with Crippen LogP contribution in [-0.2, 0) is 6.42 Å². The van der Waals surface area contributed by atoms with E-state index in [1.807, 2.05) is 17.5 Å². The van der Waals surface area contributed by atoms with Crippen LogP contribution in [0.1, 0.15) is 15.2 Å². The largest absolute Gasteiger partial charge is 0.355 e. The normalized spacial score (nSPS) is 10.1. The summed E-state index contributed by atoms with van der Waals surface area (Å²) in [5.74, 6) is -0.299. The fourth-order valence-electron chi connectivity index (χ4n) is 1.84. The minimum atomic E-state index is -0.318. The molecule has 0 radical (unpaired) electrons. The SMILES string of the molecule is CNC(=O)c1cc(NC(=O)NCCc2cccs2)ccc1Cl. The molecule has 3 N–H and O–H groups in total. The van der Waals surface area contributed by atoms with Crippen LogP contribution in [0, 0.1) is 0 Å². The molecule has 2 rings (SSSR count). The second kappa shape index (κ2) is 7.82. The van der Waals surface area contributed by atoms with Gasteiger partial charge in [0.25, 0.3) is 5.91 Å². The summed E-state index contributed by atoms with van der Waals surface area (Å²) in [6.45, 7) is 0.544. The zero-order valence-corrected chi connectivity index (χ0v) is 13.6. The summed E-state index contributed by atoms with van der Waals surface area (Å²) in [7, 11) is 1.52. The van der Waals surface area contributed by atoms with E-state index in [0.717, 1.165) is 6.42 Å². The van der Waals surface area contributed by atoms with Gasteiger partial charge in [0.15, 0.2) is 0 Å². The molecule has 0 aliphatic carbocycles. The maximum Gasteiger partial charge on any atom is 0.319 e. The van der Waals surface area contributed by atoms with Gasteiger partial charge in [0.05, 0.1) is 10.6 Å². The van der Waals surface area contributed by atoms with E-state index in [2.05, 4.69) is 16.0 Å². The number of benzene rings is 1. The summed E-state index contributed by atoms with van der Waals surface area (Å²) in [4.78, 5) is 24.7. The number of hydrogen-bond donors (Lipinski definition) is 3. The molecule has 0 unspecified atom stereocenters. The monoisotopic (exact) mass is 337 g/mol. The first-order valence-electron chi connectivity index (χ1n) is 6.69. The summed E-state index contributed by atoms with van der Waals surface area (Å²) in [6.07, 6.45) is 0.787. The lowest BCUT2D eigenvalue weighted by molar-refractivity contribution is 0.0963. The lowest BCUT2D eigenvalue weighted by Crippen LogP contribution is -2.30. The van der Waals surface area contributed by atoms with Gasteiger partial charge in [-0.15, -0.1) is 11.3 Å². The maximum atomic E-state index is 11.8. The van der Waals surface area contributed by atoms with Crippen LogP contribution in [0.15, 0.2) is 35.7 Å². The number of anilines is 1. The van der Waals surface area contributed by atoms with Gasteiger partial charge in [0, 0.05) is 24.2 Å². The van der Waals surface area contributed by atoms with E-state index < -0.39 is 0 Å². The average molecular weight is 338 g/mol. The Bertz CT molecular complexity index is 659. The standard InChI is InChI=1S/C15H16ClN3O2S/c1-17-14(20)12-9-10(4-5-13(12)16)19-15(21)18-7-6-11-3-2-8-22-11/h2-5,8-9H,6-7H2,1H3,(H,17,20)(H2,18,19,21). The van der Waals surface area contributed by atoms with E-state index in [-0.39, 0.29) is 11.9 Å². The van der Waals surface area contributed by atoms with Crippen LogP contribution in [0.5, 0.6) is 0 Å². The Balaban J connectivity index is 1.89. The number of amides is 3. The predicted molar refractivity (Wildman–Crippen MR) is 89.9 cm³/mol. The first-order valence-corrected chi connectivity index (χ1v) is 7.95. The molecule has 116 valence electrons. The molecule has 3 amide bonds. The van der Waals surface area contributed by atoms with Crippen molar-refractivity contribution in [3.8, 4) is 0 Å². The molecule has 0 aliphatic heterocycles. The first-order chi connectivity index (χ1) is 10.6. The van der Waals surface area contributed by atoms with E-state index in [4.69, 9.17) is 11.6 Å². The van der Waals surface area contributed by atoms with Crippen LogP contribution in [0.25, 0.3) is 0 Å². The summed E-state index contributed by atoms with van der Waals surface area (Å²) >= 11 is 7.62. The van der Waals surface area contributed by atoms with Crippen molar-refractivity contribution in [3.63, 3.8) is 0 Å². The minimum absolute atomic E-state index is 0.299. The highest BCUT2D eigenvalue weighted by molar-refractivity contribution is 7.09. The average Bonchev–Trinajstić information content (AvgIpc) is 3.01. The van der Waals surface area contributed by atoms with Crippen molar-refractivity contribution in [3.05, 3.63) is 51.2 Å². The fraction of sp³-hybridized carbons (Fsp3) is 0.200. The highest BCUT2D eigenvalue weighted by atomic mass is 35.5. The molecule has 7 heteroatoms. The lowest BCUT2D eigenvalue weighted by Gasteiger charge is -2.09. The van der Waals surface area contributed by atoms with Crippen LogP contribution in [0.3, 0.4) is 0 Å². The van der Waals surface area contributed by atoms with Crippen molar-refractivity contribution in [1.82, 2.24) is 10.6 Å². The smallest absolute Gasteiger partial charge is 0.319 e. The van der Waals surface area contributed by atoms with Crippen molar-refractivity contribution >= 4 is 40.6 Å². The number of nitrogens with one attached hydrogen (secondary N) is 3. The molecule has 0 bridgehead atoms. The first kappa shape index (κ1) is 16.3. The van der Waals surface area contributed by atoms with Crippen molar-refractivity contribution < 1.29 is 9.59 Å². The van der Waals surface area contributed by atoms with Crippen molar-refractivity contribution in [2.75, 3.05) is 18.9 Å². The Hall–Kier alpha value is -2.05. The molecular formula is C15H16ClN3O2S. The number of halogens is 1. The zero-order chi connectivity index (χ0) is 15.9. The third-order valence-electron chi connectivity index (χ3n) is 2.93. The fourth-order valence-corrected chi connectivity index (χ4v) is 2.75. The third-order valence-corrected chi connectivity index (χ3v) is 4.20. The number of hydrogen-bond acceptors (Lipinski definition) is 3. The van der Waals surface area contributed by atoms with Crippen LogP contribution < -0.4 is 16.0 Å². The number of carbonyl (C=O) groups is 2. The van der Waals surface area contributed by atoms with Gasteiger partial charge in [-0.1, -0.05) is 17.7 Å². The second-order valence-electron chi connectivity index (χ2n) is 4.48. The molecule has 0 spiro atoms. The molecule has 0 saturated carbocycles. The Morgan fingerprint density at radius 2 is 2.09 bits per heavy atom. The zero-order valence-electron chi connectivity index (χ0n) is 12.0. The maximum absolute atomic E-state index is 11.8. The number of rotatable bonds is 5. The molecule has 5 nitrogen and oxygen atoms in total. The molecule has 1 heterocycles. The molecule has 1 aromatic carbocycles. The molecule has 0 atom stereocenters. The molecule has 0 fully saturated rings. The van der Waals surface area contributed by atoms with Crippen molar-refractivity contribution in [2.45, 2.75) is 6.42 Å². The van der Waals surface area contributed by atoms with Gasteiger partial charge in [0.1, 0.15) is 0 Å². The number of carbonyl (C=O) groups excluding carboxylic acids is 2. The Labute approximate surface area is 137 Å². The third kappa shape index (κ3) is 4.47. The Kier molecular flexibility index (Phi) is 5.80. The van der Waals surface area contributed by atoms with Gasteiger partial charge >= 0.3 is 6.03 Å². The van der Waals surface area contributed by atoms with E-state index in [1.165, 1.54) is 11.9 Å². The molecule has 0 aliphatic rings. The summed E-state index contributed by atoms with van der Waals surface area (Å²) in [6, 6.07) is 8.45. The highest BCUT2D eigenvalue weighted by Crippen LogP contribution is 2.20. The molecule has 1 aromatic heterocycles. The number of thiophene rings is 1. The van der Waals surface area contributed by atoms with Crippen molar-refractivity contribution in [2.24, 2.45) is 0 Å². The topological polar surface area (TPSA) is 70.2 Å². The van der Waals surface area contributed by atoms with Gasteiger partial charge in [-0.25, -0.2) is 4.79 Å². The van der Waals surface area contributed by atoms with Crippen LogP contribution in [0.2, 0.25) is 5.02 Å². The van der Waals surface area contributed by atoms with E-state index in [0.29, 0.717) is 22.8 Å². The van der Waals surface area contributed by atoms with Crippen LogP contribution in [0.4, 0.5) is 10.5 Å². The molecule has 0 saturated heterocycles. The number of urea groups is 1. The van der Waals surface area contributed by atoms with E-state index in [9.17, 15) is 9.59 Å². The molecule has 22 heavy (non-hydrogen) atoms. The second-order valence-corrected chi connectivity index (χ2v) is 5.92. The van der Waals surface area contributed by atoms with Gasteiger partial charge in [-0.2, -0.15) is 0 Å². The minimum Gasteiger partial charge on any atom is -0.355 e. The highest BCUT2D eigenvalue weighted by Gasteiger charge is 2.10. The predicted octanol–water partition coefficient (Wildman–Crippen LogP) is 3.13. The Morgan fingerprint density at radius 3 is 2.77 bits per heavy atom. The summed E-state index contributed by atoms with van der Waals surface area (Å²) < 4.78 is 0. The van der Waals surface area contributed by atoms with Gasteiger partial charge in [-0.3, -0.25) is 4.79 Å². The van der Waals surface area contributed by atoms with Gasteiger partial charge in [0.2, 0.25) is 0 Å². The van der Waals surface area contributed by atoms with Gasteiger partial charge < -0.3 is 16.0 Å². The lowest BCUT2D eigenvalue weighted by atomic mass is 10.2. The molecule has 2 aromatic rings. The van der Waals surface area contributed by atoms with Crippen LogP contribution >= 0.6 is 22.9 Å². The van der Waals surface area contributed by atoms with Crippen LogP contribution in [-0.4, -0.2) is 25.5 Å². The summed E-state index contributed by atoms with van der Waals surface area (Å²) in [5.41, 5.74) is 0.831. The quantitative estimate of drug-likeness (QED) is 0.784. The Morgan fingerprint density at radius 1 is 1.27 bits per heavy atom.